The fourth-order valence-electron chi connectivity index (χ4n) is 3.78. The zero-order valence-electron chi connectivity index (χ0n) is 14.2. The average Bonchev–Trinajstić information content (AvgIpc) is 2.96. The molecule has 0 bridgehead atoms. The number of carbonyl (C=O) groups excluding carboxylic acids is 1. The van der Waals surface area contributed by atoms with Crippen LogP contribution in [0.5, 0.6) is 0 Å². The highest BCUT2D eigenvalue weighted by Crippen LogP contribution is 2.34. The number of anilines is 1. The molecule has 1 fully saturated rings. The smallest absolute Gasteiger partial charge is 0.263 e. The van der Waals surface area contributed by atoms with E-state index in [2.05, 4.69) is 4.90 Å². The maximum atomic E-state index is 12.9. The molecule has 0 spiro atoms. The maximum Gasteiger partial charge on any atom is 0.263 e. The largest absolute Gasteiger partial charge is 0.339 e. The van der Waals surface area contributed by atoms with E-state index in [1.807, 2.05) is 11.9 Å². The minimum Gasteiger partial charge on any atom is -0.339 e. The number of fused-ring (bicyclic) bond motifs is 3. The average molecular weight is 346 g/mol. The Kier molecular flexibility index (Phi) is 3.83. The third kappa shape index (κ3) is 2.42. The third-order valence-corrected chi connectivity index (χ3v) is 6.37. The summed E-state index contributed by atoms with van der Waals surface area (Å²) in [4.78, 5) is 35.5. The number of hydrogen-bond donors (Lipinski definition) is 0. The van der Waals surface area contributed by atoms with Crippen molar-refractivity contribution in [2.24, 2.45) is 7.05 Å². The Morgan fingerprint density at radius 3 is 2.54 bits per heavy atom. The molecule has 0 atom stereocenters. The summed E-state index contributed by atoms with van der Waals surface area (Å²) in [5.74, 6) is 0.840. The van der Waals surface area contributed by atoms with E-state index in [0.29, 0.717) is 13.1 Å². The highest BCUT2D eigenvalue weighted by molar-refractivity contribution is 7.18. The molecule has 1 aliphatic carbocycles. The Hall–Kier alpha value is -1.89. The minimum atomic E-state index is 0.0726. The standard InChI is InChI=1S/C17H22N4O2S/c1-11(22)20-7-9-21(10-8-20)17-18-15-14(16(23)19(17)2)12-5-3-4-6-13(12)24-15/h3-10H2,1-2H3. The van der Waals surface area contributed by atoms with E-state index in [1.165, 1.54) is 16.9 Å². The molecule has 2 aromatic rings. The summed E-state index contributed by atoms with van der Waals surface area (Å²) in [6.07, 6.45) is 4.45. The summed E-state index contributed by atoms with van der Waals surface area (Å²) >= 11 is 1.69. The molecule has 2 aliphatic rings. The molecule has 128 valence electrons. The van der Waals surface area contributed by atoms with Crippen molar-refractivity contribution < 1.29 is 4.79 Å². The Morgan fingerprint density at radius 1 is 1.12 bits per heavy atom. The Morgan fingerprint density at radius 2 is 1.83 bits per heavy atom. The number of thiophene rings is 1. The van der Waals surface area contributed by atoms with Crippen LogP contribution in [-0.4, -0.2) is 46.5 Å². The number of piperazine rings is 1. The summed E-state index contributed by atoms with van der Waals surface area (Å²) < 4.78 is 1.69. The van der Waals surface area contributed by atoms with Crippen LogP contribution in [0.1, 0.15) is 30.2 Å². The van der Waals surface area contributed by atoms with Gasteiger partial charge < -0.3 is 9.80 Å². The van der Waals surface area contributed by atoms with Gasteiger partial charge in [0, 0.05) is 45.0 Å². The lowest BCUT2D eigenvalue weighted by Gasteiger charge is -2.35. The lowest BCUT2D eigenvalue weighted by Crippen LogP contribution is -2.49. The van der Waals surface area contributed by atoms with Crippen LogP contribution in [0.25, 0.3) is 10.2 Å². The van der Waals surface area contributed by atoms with Crippen molar-refractivity contribution >= 4 is 33.4 Å². The molecular weight excluding hydrogens is 324 g/mol. The van der Waals surface area contributed by atoms with Crippen LogP contribution in [0.15, 0.2) is 4.79 Å². The Balaban J connectivity index is 1.74. The molecule has 6 nitrogen and oxygen atoms in total. The molecule has 24 heavy (non-hydrogen) atoms. The summed E-state index contributed by atoms with van der Waals surface area (Å²) in [5, 5.41) is 0.836. The molecule has 2 aromatic heterocycles. The predicted molar refractivity (Wildman–Crippen MR) is 96.0 cm³/mol. The Bertz CT molecular complexity index is 862. The Labute approximate surface area is 144 Å². The second kappa shape index (κ2) is 5.88. The van der Waals surface area contributed by atoms with Gasteiger partial charge in [0.2, 0.25) is 11.9 Å². The van der Waals surface area contributed by atoms with Crippen molar-refractivity contribution in [3.63, 3.8) is 0 Å². The van der Waals surface area contributed by atoms with Gasteiger partial charge in [-0.3, -0.25) is 14.2 Å². The van der Waals surface area contributed by atoms with Crippen molar-refractivity contribution in [1.29, 1.82) is 0 Å². The van der Waals surface area contributed by atoms with E-state index in [1.54, 1.807) is 22.8 Å². The van der Waals surface area contributed by atoms with Crippen LogP contribution in [0.4, 0.5) is 5.95 Å². The SMILES string of the molecule is CC(=O)N1CCN(c2nc3sc4c(c3c(=O)n2C)CCCC4)CC1. The molecule has 0 saturated carbocycles. The topological polar surface area (TPSA) is 58.4 Å². The summed E-state index contributed by atoms with van der Waals surface area (Å²) in [5.41, 5.74) is 1.31. The van der Waals surface area contributed by atoms with Gasteiger partial charge in [-0.1, -0.05) is 0 Å². The van der Waals surface area contributed by atoms with Crippen LogP contribution >= 0.6 is 11.3 Å². The van der Waals surface area contributed by atoms with Crippen molar-refractivity contribution in [2.75, 3.05) is 31.1 Å². The number of aromatic nitrogens is 2. The number of nitrogens with zero attached hydrogens (tertiary/aromatic N) is 4. The first-order valence-electron chi connectivity index (χ1n) is 8.58. The van der Waals surface area contributed by atoms with Crippen LogP contribution < -0.4 is 10.5 Å². The molecule has 1 saturated heterocycles. The van der Waals surface area contributed by atoms with Crippen LogP contribution in [0.3, 0.4) is 0 Å². The normalized spacial score (nSPS) is 18.1. The van der Waals surface area contributed by atoms with Crippen molar-refractivity contribution in [3.05, 3.63) is 20.8 Å². The lowest BCUT2D eigenvalue weighted by molar-refractivity contribution is -0.129. The van der Waals surface area contributed by atoms with Gasteiger partial charge in [0.05, 0.1) is 5.39 Å². The van der Waals surface area contributed by atoms with E-state index in [-0.39, 0.29) is 11.5 Å². The number of aryl methyl sites for hydroxylation is 2. The number of carbonyl (C=O) groups is 1. The molecule has 1 amide bonds. The van der Waals surface area contributed by atoms with E-state index in [9.17, 15) is 9.59 Å². The molecular formula is C17H22N4O2S. The van der Waals surface area contributed by atoms with Gasteiger partial charge in [-0.25, -0.2) is 4.98 Å². The van der Waals surface area contributed by atoms with Crippen molar-refractivity contribution in [2.45, 2.75) is 32.6 Å². The minimum absolute atomic E-state index is 0.0726. The molecule has 7 heteroatoms. The molecule has 1 aliphatic heterocycles. The predicted octanol–water partition coefficient (Wildman–Crippen LogP) is 1.54. The van der Waals surface area contributed by atoms with Gasteiger partial charge in [-0.05, 0) is 31.2 Å². The fraction of sp³-hybridized carbons (Fsp3) is 0.588. The van der Waals surface area contributed by atoms with Gasteiger partial charge >= 0.3 is 0 Å². The second-order valence-electron chi connectivity index (χ2n) is 6.66. The van der Waals surface area contributed by atoms with Crippen LogP contribution in [0, 0.1) is 0 Å². The van der Waals surface area contributed by atoms with Gasteiger partial charge in [-0.15, -0.1) is 11.3 Å². The molecule has 0 N–H and O–H groups in total. The van der Waals surface area contributed by atoms with E-state index >= 15 is 0 Å². The quantitative estimate of drug-likeness (QED) is 0.786. The van der Waals surface area contributed by atoms with E-state index in [0.717, 1.165) is 48.5 Å². The first kappa shape index (κ1) is 15.6. The molecule has 0 unspecified atom stereocenters. The lowest BCUT2D eigenvalue weighted by atomic mass is 9.97. The van der Waals surface area contributed by atoms with Crippen LogP contribution in [-0.2, 0) is 24.7 Å². The highest BCUT2D eigenvalue weighted by Gasteiger charge is 2.25. The number of hydrogen-bond acceptors (Lipinski definition) is 5. The van der Waals surface area contributed by atoms with Crippen molar-refractivity contribution in [1.82, 2.24) is 14.5 Å². The van der Waals surface area contributed by atoms with E-state index < -0.39 is 0 Å². The monoisotopic (exact) mass is 346 g/mol. The van der Waals surface area contributed by atoms with Gasteiger partial charge in [0.25, 0.3) is 5.56 Å². The molecule has 0 radical (unpaired) electrons. The molecule has 3 heterocycles. The zero-order valence-corrected chi connectivity index (χ0v) is 15.0. The maximum absolute atomic E-state index is 12.9. The van der Waals surface area contributed by atoms with Gasteiger partial charge in [-0.2, -0.15) is 0 Å². The second-order valence-corrected chi connectivity index (χ2v) is 7.74. The summed E-state index contributed by atoms with van der Waals surface area (Å²) in [6.45, 7) is 4.41. The number of amides is 1. The fourth-order valence-corrected chi connectivity index (χ4v) is 5.03. The first-order valence-corrected chi connectivity index (χ1v) is 9.39. The molecule has 4 rings (SSSR count). The summed E-state index contributed by atoms with van der Waals surface area (Å²) in [7, 11) is 1.81. The van der Waals surface area contributed by atoms with Gasteiger partial charge in [0.15, 0.2) is 0 Å². The zero-order chi connectivity index (χ0) is 16.8. The van der Waals surface area contributed by atoms with Crippen LogP contribution in [0.2, 0.25) is 0 Å². The summed E-state index contributed by atoms with van der Waals surface area (Å²) in [6, 6.07) is 0. The van der Waals surface area contributed by atoms with Gasteiger partial charge in [0.1, 0.15) is 4.83 Å². The molecule has 0 aromatic carbocycles. The third-order valence-electron chi connectivity index (χ3n) is 5.18. The number of rotatable bonds is 1. The van der Waals surface area contributed by atoms with E-state index in [4.69, 9.17) is 4.98 Å². The highest BCUT2D eigenvalue weighted by atomic mass is 32.1. The first-order chi connectivity index (χ1) is 11.6. The van der Waals surface area contributed by atoms with Crippen molar-refractivity contribution in [3.8, 4) is 0 Å².